The average Bonchev–Trinajstić information content (AvgIpc) is 2.31. The van der Waals surface area contributed by atoms with E-state index in [0.29, 0.717) is 6.42 Å². The zero-order valence-corrected chi connectivity index (χ0v) is 9.43. The van der Waals surface area contributed by atoms with Crippen molar-refractivity contribution < 1.29 is 5.11 Å². The molecule has 2 rings (SSSR count). The number of aliphatic hydroxyl groups excluding tert-OH is 1. The van der Waals surface area contributed by atoms with Gasteiger partial charge in [-0.05, 0) is 23.6 Å². The molecule has 1 nitrogen and oxygen atoms in total. The molecule has 0 aliphatic heterocycles. The van der Waals surface area contributed by atoms with Gasteiger partial charge < -0.3 is 5.11 Å². The monoisotopic (exact) mass is 212 g/mol. The number of aryl methyl sites for hydroxylation is 1. The Morgan fingerprint density at radius 2 is 1.56 bits per heavy atom. The molecule has 2 aromatic rings. The standard InChI is InChI=1S/C15H16O/c1-12-7-5-6-10-14(12)15(16)11-13-8-3-2-4-9-13/h2-10,15-16H,11H2,1H3. The van der Waals surface area contributed by atoms with Crippen molar-refractivity contribution in [3.63, 3.8) is 0 Å². The van der Waals surface area contributed by atoms with Gasteiger partial charge in [0.25, 0.3) is 0 Å². The Bertz CT molecular complexity index is 448. The summed E-state index contributed by atoms with van der Waals surface area (Å²) in [5.41, 5.74) is 3.33. The molecular weight excluding hydrogens is 196 g/mol. The van der Waals surface area contributed by atoms with E-state index in [0.717, 1.165) is 11.1 Å². The molecule has 1 heteroatoms. The second kappa shape index (κ2) is 4.95. The zero-order valence-electron chi connectivity index (χ0n) is 9.43. The Hall–Kier alpha value is -1.60. The van der Waals surface area contributed by atoms with Crippen molar-refractivity contribution in [2.75, 3.05) is 0 Å². The third-order valence-corrected chi connectivity index (χ3v) is 2.82. The lowest BCUT2D eigenvalue weighted by Crippen LogP contribution is -2.03. The summed E-state index contributed by atoms with van der Waals surface area (Å²) >= 11 is 0. The van der Waals surface area contributed by atoms with Gasteiger partial charge >= 0.3 is 0 Å². The van der Waals surface area contributed by atoms with E-state index in [1.54, 1.807) is 0 Å². The third kappa shape index (κ3) is 2.50. The molecule has 0 aliphatic rings. The molecule has 0 saturated carbocycles. The molecule has 0 spiro atoms. The lowest BCUT2D eigenvalue weighted by molar-refractivity contribution is 0.177. The summed E-state index contributed by atoms with van der Waals surface area (Å²) in [6.07, 6.45) is 0.259. The Labute approximate surface area is 96.4 Å². The largest absolute Gasteiger partial charge is 0.388 e. The minimum Gasteiger partial charge on any atom is -0.388 e. The Kier molecular flexibility index (Phi) is 3.37. The summed E-state index contributed by atoms with van der Waals surface area (Å²) in [5, 5.41) is 10.2. The molecule has 0 radical (unpaired) electrons. The first-order valence-electron chi connectivity index (χ1n) is 5.55. The molecule has 16 heavy (non-hydrogen) atoms. The van der Waals surface area contributed by atoms with Crippen LogP contribution in [-0.4, -0.2) is 5.11 Å². The maximum absolute atomic E-state index is 10.2. The SMILES string of the molecule is Cc1ccccc1C(O)Cc1ccccc1. The van der Waals surface area contributed by atoms with E-state index in [2.05, 4.69) is 0 Å². The highest BCUT2D eigenvalue weighted by Gasteiger charge is 2.09. The van der Waals surface area contributed by atoms with Crippen molar-refractivity contribution in [2.45, 2.75) is 19.4 Å². The van der Waals surface area contributed by atoms with Gasteiger partial charge in [0, 0.05) is 6.42 Å². The van der Waals surface area contributed by atoms with E-state index >= 15 is 0 Å². The highest BCUT2D eigenvalue weighted by atomic mass is 16.3. The normalized spacial score (nSPS) is 12.4. The molecular formula is C15H16O. The fourth-order valence-corrected chi connectivity index (χ4v) is 1.91. The van der Waals surface area contributed by atoms with Gasteiger partial charge in [-0.25, -0.2) is 0 Å². The topological polar surface area (TPSA) is 20.2 Å². The number of hydrogen-bond donors (Lipinski definition) is 1. The fourth-order valence-electron chi connectivity index (χ4n) is 1.91. The number of aliphatic hydroxyl groups is 1. The Morgan fingerprint density at radius 3 is 2.25 bits per heavy atom. The quantitative estimate of drug-likeness (QED) is 0.827. The van der Waals surface area contributed by atoms with E-state index in [-0.39, 0.29) is 0 Å². The van der Waals surface area contributed by atoms with Gasteiger partial charge in [0.15, 0.2) is 0 Å². The van der Waals surface area contributed by atoms with Crippen molar-refractivity contribution >= 4 is 0 Å². The van der Waals surface area contributed by atoms with Crippen molar-refractivity contribution in [3.8, 4) is 0 Å². The predicted octanol–water partition coefficient (Wildman–Crippen LogP) is 3.27. The lowest BCUT2D eigenvalue weighted by Gasteiger charge is -2.13. The minimum atomic E-state index is -0.413. The van der Waals surface area contributed by atoms with Crippen molar-refractivity contribution in [2.24, 2.45) is 0 Å². The summed E-state index contributed by atoms with van der Waals surface area (Å²) in [6.45, 7) is 2.03. The molecule has 2 aromatic carbocycles. The highest BCUT2D eigenvalue weighted by Crippen LogP contribution is 2.21. The molecule has 1 N–H and O–H groups in total. The molecule has 0 saturated heterocycles. The highest BCUT2D eigenvalue weighted by molar-refractivity contribution is 5.29. The van der Waals surface area contributed by atoms with E-state index in [9.17, 15) is 5.11 Å². The van der Waals surface area contributed by atoms with Crippen molar-refractivity contribution in [3.05, 3.63) is 71.3 Å². The van der Waals surface area contributed by atoms with Gasteiger partial charge in [-0.15, -0.1) is 0 Å². The average molecular weight is 212 g/mol. The first-order valence-corrected chi connectivity index (χ1v) is 5.55. The van der Waals surface area contributed by atoms with Crippen LogP contribution < -0.4 is 0 Å². The number of benzene rings is 2. The molecule has 0 heterocycles. The van der Waals surface area contributed by atoms with Gasteiger partial charge in [-0.3, -0.25) is 0 Å². The first-order chi connectivity index (χ1) is 7.77. The third-order valence-electron chi connectivity index (χ3n) is 2.82. The van der Waals surface area contributed by atoms with Crippen LogP contribution in [0.3, 0.4) is 0 Å². The zero-order chi connectivity index (χ0) is 11.4. The molecule has 0 aromatic heterocycles. The summed E-state index contributed by atoms with van der Waals surface area (Å²) in [5.74, 6) is 0. The lowest BCUT2D eigenvalue weighted by atomic mass is 9.98. The van der Waals surface area contributed by atoms with E-state index in [1.165, 1.54) is 5.56 Å². The van der Waals surface area contributed by atoms with Crippen LogP contribution in [0.5, 0.6) is 0 Å². The molecule has 0 amide bonds. The van der Waals surface area contributed by atoms with Crippen LogP contribution in [0.1, 0.15) is 22.8 Å². The minimum absolute atomic E-state index is 0.413. The molecule has 0 fully saturated rings. The summed E-state index contributed by atoms with van der Waals surface area (Å²) < 4.78 is 0. The smallest absolute Gasteiger partial charge is 0.0832 e. The van der Waals surface area contributed by atoms with Crippen LogP contribution in [0.4, 0.5) is 0 Å². The van der Waals surface area contributed by atoms with Crippen LogP contribution in [-0.2, 0) is 6.42 Å². The van der Waals surface area contributed by atoms with Gasteiger partial charge in [0.1, 0.15) is 0 Å². The summed E-state index contributed by atoms with van der Waals surface area (Å²) in [6, 6.07) is 18.1. The van der Waals surface area contributed by atoms with Crippen LogP contribution in [0.2, 0.25) is 0 Å². The second-order valence-electron chi connectivity index (χ2n) is 4.06. The van der Waals surface area contributed by atoms with Crippen molar-refractivity contribution in [1.29, 1.82) is 0 Å². The summed E-state index contributed by atoms with van der Waals surface area (Å²) in [7, 11) is 0. The first kappa shape index (κ1) is 10.9. The van der Waals surface area contributed by atoms with Gasteiger partial charge in [-0.2, -0.15) is 0 Å². The van der Waals surface area contributed by atoms with Gasteiger partial charge in [0.2, 0.25) is 0 Å². The number of hydrogen-bond acceptors (Lipinski definition) is 1. The molecule has 1 unspecified atom stereocenters. The fraction of sp³-hybridized carbons (Fsp3) is 0.200. The van der Waals surface area contributed by atoms with Gasteiger partial charge in [0.05, 0.1) is 6.10 Å². The maximum Gasteiger partial charge on any atom is 0.0832 e. The Morgan fingerprint density at radius 1 is 0.938 bits per heavy atom. The predicted molar refractivity (Wildman–Crippen MR) is 66.3 cm³/mol. The maximum atomic E-state index is 10.2. The second-order valence-corrected chi connectivity index (χ2v) is 4.06. The van der Waals surface area contributed by atoms with E-state index < -0.39 is 6.10 Å². The van der Waals surface area contributed by atoms with Crippen LogP contribution in [0, 0.1) is 6.92 Å². The Balaban J connectivity index is 2.15. The van der Waals surface area contributed by atoms with Crippen LogP contribution >= 0.6 is 0 Å². The molecule has 82 valence electrons. The van der Waals surface area contributed by atoms with Crippen LogP contribution in [0.15, 0.2) is 54.6 Å². The molecule has 0 aliphatic carbocycles. The van der Waals surface area contributed by atoms with E-state index in [1.807, 2.05) is 61.5 Å². The van der Waals surface area contributed by atoms with E-state index in [4.69, 9.17) is 0 Å². The summed E-state index contributed by atoms with van der Waals surface area (Å²) in [4.78, 5) is 0. The van der Waals surface area contributed by atoms with Gasteiger partial charge in [-0.1, -0.05) is 54.6 Å². The van der Waals surface area contributed by atoms with Crippen LogP contribution in [0.25, 0.3) is 0 Å². The number of rotatable bonds is 3. The molecule has 1 atom stereocenters. The molecule has 0 bridgehead atoms. The van der Waals surface area contributed by atoms with Crippen molar-refractivity contribution in [1.82, 2.24) is 0 Å².